The van der Waals surface area contributed by atoms with Crippen LogP contribution in [0.4, 0.5) is 4.79 Å². The molecule has 1 heterocycles. The molecule has 0 aliphatic carbocycles. The Bertz CT molecular complexity index is 1040. The maximum atomic E-state index is 12.9. The summed E-state index contributed by atoms with van der Waals surface area (Å²) in [4.78, 5) is 26.5. The highest BCUT2D eigenvalue weighted by Gasteiger charge is 2.48. The average Bonchev–Trinajstić information content (AvgIpc) is 2.86. The maximum absolute atomic E-state index is 12.9. The first kappa shape index (κ1) is 20.4. The Morgan fingerprint density at radius 2 is 1.82 bits per heavy atom. The summed E-state index contributed by atoms with van der Waals surface area (Å²) in [6.07, 6.45) is 0.154. The number of urea groups is 1. The van der Waals surface area contributed by atoms with Crippen LogP contribution in [0.25, 0.3) is 0 Å². The van der Waals surface area contributed by atoms with Gasteiger partial charge in [0.1, 0.15) is 5.54 Å². The molecule has 148 valence electrons. The minimum Gasteiger partial charge on any atom is -0.319 e. The van der Waals surface area contributed by atoms with Crippen LogP contribution in [-0.4, -0.2) is 37.6 Å². The van der Waals surface area contributed by atoms with Crippen molar-refractivity contribution in [2.24, 2.45) is 0 Å². The smallest absolute Gasteiger partial charge is 0.319 e. The number of benzene rings is 2. The molecule has 8 heteroatoms. The van der Waals surface area contributed by atoms with Gasteiger partial charge in [0.2, 0.25) is 0 Å². The number of rotatable bonds is 6. The number of nitrogens with zero attached hydrogens (tertiary/aromatic N) is 1. The van der Waals surface area contributed by atoms with Crippen LogP contribution < -0.4 is 5.32 Å². The molecule has 2 aromatic rings. The third-order valence-electron chi connectivity index (χ3n) is 4.82. The quantitative estimate of drug-likeness (QED) is 0.727. The summed E-state index contributed by atoms with van der Waals surface area (Å²) in [6, 6.07) is 12.9. The zero-order chi connectivity index (χ0) is 20.5. The van der Waals surface area contributed by atoms with Crippen molar-refractivity contribution in [3.05, 3.63) is 64.7 Å². The number of aryl methyl sites for hydroxylation is 1. The molecular weight excluding hydrogens is 400 g/mol. The number of carbonyl (C=O) groups is 2. The summed E-state index contributed by atoms with van der Waals surface area (Å²) in [7, 11) is -3.48. The Hall–Kier alpha value is -2.38. The van der Waals surface area contributed by atoms with E-state index in [0.717, 1.165) is 10.5 Å². The molecule has 2 aromatic carbocycles. The summed E-state index contributed by atoms with van der Waals surface area (Å²) >= 11 is 6.00. The number of carbonyl (C=O) groups excluding carboxylic acids is 2. The second-order valence-electron chi connectivity index (χ2n) is 7.01. The van der Waals surface area contributed by atoms with Crippen LogP contribution in [0.15, 0.2) is 53.4 Å². The Labute approximate surface area is 169 Å². The van der Waals surface area contributed by atoms with E-state index in [0.29, 0.717) is 10.6 Å². The molecule has 3 rings (SSSR count). The van der Waals surface area contributed by atoms with Crippen molar-refractivity contribution in [2.45, 2.75) is 30.7 Å². The van der Waals surface area contributed by atoms with E-state index >= 15 is 0 Å². The summed E-state index contributed by atoms with van der Waals surface area (Å²) in [5, 5.41) is 3.15. The molecule has 0 bridgehead atoms. The number of halogens is 1. The van der Waals surface area contributed by atoms with Gasteiger partial charge < -0.3 is 5.32 Å². The average molecular weight is 421 g/mol. The van der Waals surface area contributed by atoms with Gasteiger partial charge in [0.05, 0.1) is 10.6 Å². The monoisotopic (exact) mass is 420 g/mol. The van der Waals surface area contributed by atoms with E-state index in [1.165, 1.54) is 0 Å². The molecule has 0 spiro atoms. The Balaban J connectivity index is 1.70. The minimum absolute atomic E-state index is 0.0197. The van der Waals surface area contributed by atoms with Crippen LogP contribution in [-0.2, 0) is 20.2 Å². The fourth-order valence-electron chi connectivity index (χ4n) is 3.23. The van der Waals surface area contributed by atoms with E-state index in [4.69, 9.17) is 11.6 Å². The number of imide groups is 1. The van der Waals surface area contributed by atoms with Crippen molar-refractivity contribution < 1.29 is 18.0 Å². The van der Waals surface area contributed by atoms with Gasteiger partial charge in [-0.05, 0) is 55.7 Å². The summed E-state index contributed by atoms with van der Waals surface area (Å²) in [5.74, 6) is -0.575. The highest BCUT2D eigenvalue weighted by molar-refractivity contribution is 7.91. The van der Waals surface area contributed by atoms with E-state index in [-0.39, 0.29) is 23.6 Å². The second-order valence-corrected chi connectivity index (χ2v) is 9.56. The summed E-state index contributed by atoms with van der Waals surface area (Å²) in [6.45, 7) is 3.46. The molecule has 1 aliphatic rings. The van der Waals surface area contributed by atoms with Crippen LogP contribution in [0.1, 0.15) is 24.5 Å². The molecule has 1 saturated heterocycles. The lowest BCUT2D eigenvalue weighted by atomic mass is 9.92. The van der Waals surface area contributed by atoms with Crippen LogP contribution in [0.3, 0.4) is 0 Å². The Morgan fingerprint density at radius 3 is 2.50 bits per heavy atom. The number of sulfone groups is 1. The summed E-state index contributed by atoms with van der Waals surface area (Å²) < 4.78 is 25.0. The molecule has 0 aromatic heterocycles. The molecular formula is C20H21ClN2O4S. The van der Waals surface area contributed by atoms with E-state index < -0.39 is 27.3 Å². The Kier molecular flexibility index (Phi) is 5.50. The van der Waals surface area contributed by atoms with Crippen molar-refractivity contribution in [1.29, 1.82) is 0 Å². The largest absolute Gasteiger partial charge is 0.325 e. The standard InChI is InChI=1S/C20H21ClN2O4S/c1-14-6-3-9-17(12-14)28(26,27)11-5-10-23-18(24)20(2,22-19(23)25)15-7-4-8-16(21)13-15/h3-4,6-9,12-13H,5,10-11H2,1-2H3,(H,22,25). The molecule has 3 amide bonds. The van der Waals surface area contributed by atoms with Crippen LogP contribution in [0, 0.1) is 6.92 Å². The molecule has 0 saturated carbocycles. The highest BCUT2D eigenvalue weighted by atomic mass is 35.5. The van der Waals surface area contributed by atoms with Crippen molar-refractivity contribution in [1.82, 2.24) is 10.2 Å². The number of hydrogen-bond donors (Lipinski definition) is 1. The molecule has 1 N–H and O–H groups in total. The number of hydrogen-bond acceptors (Lipinski definition) is 4. The molecule has 28 heavy (non-hydrogen) atoms. The van der Waals surface area contributed by atoms with Gasteiger partial charge in [-0.15, -0.1) is 0 Å². The normalized spacial score (nSPS) is 19.8. The molecule has 1 atom stereocenters. The molecule has 1 unspecified atom stereocenters. The van der Waals surface area contributed by atoms with Gasteiger partial charge in [0, 0.05) is 11.6 Å². The van der Waals surface area contributed by atoms with Crippen molar-refractivity contribution >= 4 is 33.4 Å². The predicted octanol–water partition coefficient (Wildman–Crippen LogP) is 3.28. The SMILES string of the molecule is Cc1cccc(S(=O)(=O)CCCN2C(=O)NC(C)(c3cccc(Cl)c3)C2=O)c1. The molecule has 1 aliphatic heterocycles. The van der Waals surface area contributed by atoms with Gasteiger partial charge in [-0.3, -0.25) is 9.69 Å². The van der Waals surface area contributed by atoms with Gasteiger partial charge in [-0.25, -0.2) is 13.2 Å². The van der Waals surface area contributed by atoms with Crippen LogP contribution in [0.2, 0.25) is 5.02 Å². The Morgan fingerprint density at radius 1 is 1.11 bits per heavy atom. The first-order chi connectivity index (χ1) is 13.1. The first-order valence-corrected chi connectivity index (χ1v) is 10.9. The zero-order valence-electron chi connectivity index (χ0n) is 15.6. The van der Waals surface area contributed by atoms with Crippen molar-refractivity contribution in [3.8, 4) is 0 Å². The fraction of sp³-hybridized carbons (Fsp3) is 0.300. The van der Waals surface area contributed by atoms with Gasteiger partial charge >= 0.3 is 6.03 Å². The topological polar surface area (TPSA) is 83.6 Å². The third-order valence-corrected chi connectivity index (χ3v) is 6.85. The molecule has 1 fully saturated rings. The van der Waals surface area contributed by atoms with E-state index in [1.807, 2.05) is 13.0 Å². The highest BCUT2D eigenvalue weighted by Crippen LogP contribution is 2.30. The second kappa shape index (κ2) is 7.56. The van der Waals surface area contributed by atoms with Crippen LogP contribution >= 0.6 is 11.6 Å². The van der Waals surface area contributed by atoms with Crippen molar-refractivity contribution in [2.75, 3.05) is 12.3 Å². The summed E-state index contributed by atoms with van der Waals surface area (Å²) in [5.41, 5.74) is 0.206. The lowest BCUT2D eigenvalue weighted by Crippen LogP contribution is -2.41. The van der Waals surface area contributed by atoms with Crippen molar-refractivity contribution in [3.63, 3.8) is 0 Å². The molecule has 6 nitrogen and oxygen atoms in total. The van der Waals surface area contributed by atoms with E-state index in [9.17, 15) is 18.0 Å². The zero-order valence-corrected chi connectivity index (χ0v) is 17.2. The minimum atomic E-state index is -3.48. The number of nitrogens with one attached hydrogen (secondary N) is 1. The number of amides is 3. The predicted molar refractivity (Wildman–Crippen MR) is 107 cm³/mol. The molecule has 0 radical (unpaired) electrons. The van der Waals surface area contributed by atoms with E-state index in [1.54, 1.807) is 49.4 Å². The van der Waals surface area contributed by atoms with Crippen LogP contribution in [0.5, 0.6) is 0 Å². The van der Waals surface area contributed by atoms with E-state index in [2.05, 4.69) is 5.32 Å². The van der Waals surface area contributed by atoms with Gasteiger partial charge in [-0.1, -0.05) is 35.9 Å². The van der Waals surface area contributed by atoms with Gasteiger partial charge in [0.15, 0.2) is 9.84 Å². The first-order valence-electron chi connectivity index (χ1n) is 8.83. The third kappa shape index (κ3) is 3.91. The lowest BCUT2D eigenvalue weighted by molar-refractivity contribution is -0.131. The fourth-order valence-corrected chi connectivity index (χ4v) is 4.82. The lowest BCUT2D eigenvalue weighted by Gasteiger charge is -2.22. The van der Waals surface area contributed by atoms with Gasteiger partial charge in [0.25, 0.3) is 5.91 Å². The van der Waals surface area contributed by atoms with Gasteiger partial charge in [-0.2, -0.15) is 0 Å². The maximum Gasteiger partial charge on any atom is 0.325 e.